The van der Waals surface area contributed by atoms with E-state index >= 15 is 0 Å². The first-order valence-corrected chi connectivity index (χ1v) is 5.31. The maximum Gasteiger partial charge on any atom is 0.105 e. The van der Waals surface area contributed by atoms with E-state index in [-0.39, 0.29) is 0 Å². The Morgan fingerprint density at radius 2 is 1.64 bits per heavy atom. The smallest absolute Gasteiger partial charge is 0.0697 e. The molecule has 0 bridgehead atoms. The summed E-state index contributed by atoms with van der Waals surface area (Å²) in [4.78, 5) is 0. The maximum absolute atomic E-state index is 2.38. The van der Waals surface area contributed by atoms with E-state index in [1.54, 1.807) is 0 Å². The summed E-state index contributed by atoms with van der Waals surface area (Å²) in [6, 6.07) is 0. The third-order valence-electron chi connectivity index (χ3n) is 2.33. The van der Waals surface area contributed by atoms with E-state index in [2.05, 4.69) is 21.7 Å². The van der Waals surface area contributed by atoms with E-state index in [9.17, 15) is 0 Å². The molecule has 1 heteroatoms. The van der Waals surface area contributed by atoms with Gasteiger partial charge in [0.25, 0.3) is 0 Å². The Hall–Kier alpha value is 0.0649. The van der Waals surface area contributed by atoms with Gasteiger partial charge in [-0.3, -0.25) is 0 Å². The lowest BCUT2D eigenvalue weighted by atomic mass is 9.80. The Bertz CT molecular complexity index is 71.3. The number of hydrogen-bond donors (Lipinski definition) is 0. The second-order valence-electron chi connectivity index (χ2n) is 3.74. The van der Waals surface area contributed by atoms with E-state index in [1.165, 1.54) is 44.9 Å². The van der Waals surface area contributed by atoms with Gasteiger partial charge in [-0.15, -0.1) is 0 Å². The van der Waals surface area contributed by atoms with Crippen molar-refractivity contribution < 1.29 is 0 Å². The maximum atomic E-state index is 2.38. The fourth-order valence-corrected chi connectivity index (χ4v) is 1.56. The molecule has 1 atom stereocenters. The summed E-state index contributed by atoms with van der Waals surface area (Å²) in [6.07, 6.45) is 9.93. The summed E-state index contributed by atoms with van der Waals surface area (Å²) in [7, 11) is 2.38. The lowest BCUT2D eigenvalue weighted by Gasteiger charge is -2.08. The van der Waals surface area contributed by atoms with Crippen LogP contribution >= 0.6 is 0 Å². The van der Waals surface area contributed by atoms with Gasteiger partial charge in [0, 0.05) is 0 Å². The summed E-state index contributed by atoms with van der Waals surface area (Å²) >= 11 is 0. The van der Waals surface area contributed by atoms with Crippen LogP contribution in [0.2, 0.25) is 5.82 Å². The molecular formula is C10H23B. The van der Waals surface area contributed by atoms with Crippen molar-refractivity contribution in [3.63, 3.8) is 0 Å². The van der Waals surface area contributed by atoms with Crippen LogP contribution in [0.3, 0.4) is 0 Å². The zero-order valence-electron chi connectivity index (χ0n) is 8.53. The van der Waals surface area contributed by atoms with Crippen molar-refractivity contribution >= 4 is 7.85 Å². The average Bonchev–Trinajstić information content (AvgIpc) is 1.99. The van der Waals surface area contributed by atoms with Gasteiger partial charge in [-0.25, -0.2) is 0 Å². The molecule has 11 heavy (non-hydrogen) atoms. The van der Waals surface area contributed by atoms with Crippen molar-refractivity contribution in [2.45, 2.75) is 64.6 Å². The van der Waals surface area contributed by atoms with Gasteiger partial charge in [-0.2, -0.15) is 0 Å². The standard InChI is InChI=1S/C10H23B/c1-3-5-6-7-9-10(11)8-4-2/h10H,3-9,11H2,1-2H3. The molecule has 0 saturated heterocycles. The molecular weight excluding hydrogens is 131 g/mol. The van der Waals surface area contributed by atoms with Crippen LogP contribution in [0.15, 0.2) is 0 Å². The molecule has 0 aromatic carbocycles. The number of rotatable bonds is 7. The highest BCUT2D eigenvalue weighted by Crippen LogP contribution is 2.17. The van der Waals surface area contributed by atoms with E-state index < -0.39 is 0 Å². The molecule has 0 radical (unpaired) electrons. The third-order valence-corrected chi connectivity index (χ3v) is 2.33. The minimum atomic E-state index is 0.969. The zero-order valence-corrected chi connectivity index (χ0v) is 8.53. The van der Waals surface area contributed by atoms with Crippen LogP contribution < -0.4 is 0 Å². The highest BCUT2D eigenvalue weighted by Gasteiger charge is 1.99. The van der Waals surface area contributed by atoms with Crippen LogP contribution in [-0.2, 0) is 0 Å². The van der Waals surface area contributed by atoms with Crippen molar-refractivity contribution in [3.05, 3.63) is 0 Å². The Kier molecular flexibility index (Phi) is 8.21. The highest BCUT2D eigenvalue weighted by atomic mass is 14.0. The topological polar surface area (TPSA) is 0 Å². The zero-order chi connectivity index (χ0) is 8.53. The molecule has 0 heterocycles. The van der Waals surface area contributed by atoms with Crippen LogP contribution in [0, 0.1) is 0 Å². The molecule has 66 valence electrons. The molecule has 0 rings (SSSR count). The van der Waals surface area contributed by atoms with Crippen LogP contribution in [0.25, 0.3) is 0 Å². The average molecular weight is 154 g/mol. The monoisotopic (exact) mass is 154 g/mol. The first-order valence-electron chi connectivity index (χ1n) is 5.31. The van der Waals surface area contributed by atoms with Crippen molar-refractivity contribution in [2.75, 3.05) is 0 Å². The summed E-state index contributed by atoms with van der Waals surface area (Å²) < 4.78 is 0. The quantitative estimate of drug-likeness (QED) is 0.390. The van der Waals surface area contributed by atoms with E-state index in [4.69, 9.17) is 0 Å². The Morgan fingerprint density at radius 3 is 2.18 bits per heavy atom. The lowest BCUT2D eigenvalue weighted by molar-refractivity contribution is 0.584. The molecule has 0 spiro atoms. The van der Waals surface area contributed by atoms with Gasteiger partial charge in [0.05, 0.1) is 0 Å². The molecule has 0 aliphatic heterocycles. The Labute approximate surface area is 73.2 Å². The number of hydrogen-bond acceptors (Lipinski definition) is 0. The first-order chi connectivity index (χ1) is 5.31. The van der Waals surface area contributed by atoms with Gasteiger partial charge >= 0.3 is 0 Å². The van der Waals surface area contributed by atoms with Crippen molar-refractivity contribution in [1.29, 1.82) is 0 Å². The summed E-state index contributed by atoms with van der Waals surface area (Å²) in [6.45, 7) is 4.55. The molecule has 0 amide bonds. The van der Waals surface area contributed by atoms with Crippen LogP contribution in [-0.4, -0.2) is 7.85 Å². The summed E-state index contributed by atoms with van der Waals surface area (Å²) in [5.74, 6) is 0.969. The molecule has 1 unspecified atom stereocenters. The predicted molar refractivity (Wildman–Crippen MR) is 56.0 cm³/mol. The van der Waals surface area contributed by atoms with Crippen molar-refractivity contribution in [1.82, 2.24) is 0 Å². The molecule has 0 saturated carbocycles. The molecule has 0 N–H and O–H groups in total. The summed E-state index contributed by atoms with van der Waals surface area (Å²) in [5, 5.41) is 0. The predicted octanol–water partition coefficient (Wildman–Crippen LogP) is 3.18. The van der Waals surface area contributed by atoms with Crippen molar-refractivity contribution in [2.24, 2.45) is 0 Å². The molecule has 0 nitrogen and oxygen atoms in total. The minimum absolute atomic E-state index is 0.969. The third kappa shape index (κ3) is 7.97. The second kappa shape index (κ2) is 8.16. The van der Waals surface area contributed by atoms with Gasteiger partial charge in [0.2, 0.25) is 0 Å². The molecule has 0 aromatic heterocycles. The molecule has 0 aliphatic carbocycles. The fourth-order valence-electron chi connectivity index (χ4n) is 1.56. The van der Waals surface area contributed by atoms with E-state index in [0.29, 0.717) is 0 Å². The normalized spacial score (nSPS) is 13.3. The van der Waals surface area contributed by atoms with Gasteiger partial charge in [0.1, 0.15) is 7.85 Å². The Balaban J connectivity index is 2.97. The molecule has 0 aromatic rings. The Morgan fingerprint density at radius 1 is 0.909 bits per heavy atom. The molecule has 0 aliphatic rings. The first kappa shape index (κ1) is 11.1. The van der Waals surface area contributed by atoms with E-state index in [1.807, 2.05) is 0 Å². The SMILES string of the molecule is BC(CCC)CCCCCC. The van der Waals surface area contributed by atoms with E-state index in [0.717, 1.165) is 5.82 Å². The number of unbranched alkanes of at least 4 members (excludes halogenated alkanes) is 3. The van der Waals surface area contributed by atoms with Gasteiger partial charge in [-0.05, 0) is 0 Å². The largest absolute Gasteiger partial charge is 0.105 e. The van der Waals surface area contributed by atoms with Crippen LogP contribution in [0.1, 0.15) is 58.8 Å². The van der Waals surface area contributed by atoms with Gasteiger partial charge in [-0.1, -0.05) is 64.6 Å². The minimum Gasteiger partial charge on any atom is -0.0697 e. The van der Waals surface area contributed by atoms with Crippen LogP contribution in [0.4, 0.5) is 0 Å². The highest BCUT2D eigenvalue weighted by molar-refractivity contribution is 6.11. The van der Waals surface area contributed by atoms with Gasteiger partial charge in [0.15, 0.2) is 0 Å². The fraction of sp³-hybridized carbons (Fsp3) is 1.00. The van der Waals surface area contributed by atoms with Gasteiger partial charge < -0.3 is 0 Å². The molecule has 0 fully saturated rings. The van der Waals surface area contributed by atoms with Crippen molar-refractivity contribution in [3.8, 4) is 0 Å². The van der Waals surface area contributed by atoms with Crippen LogP contribution in [0.5, 0.6) is 0 Å². The lowest BCUT2D eigenvalue weighted by Crippen LogP contribution is -1.91. The summed E-state index contributed by atoms with van der Waals surface area (Å²) in [5.41, 5.74) is 0. The second-order valence-corrected chi connectivity index (χ2v) is 3.74.